The van der Waals surface area contributed by atoms with E-state index in [0.29, 0.717) is 5.56 Å². The van der Waals surface area contributed by atoms with Crippen LogP contribution in [0.3, 0.4) is 0 Å². The Morgan fingerprint density at radius 3 is 2.59 bits per heavy atom. The van der Waals surface area contributed by atoms with Gasteiger partial charge in [-0.05, 0) is 30.7 Å². The number of hydrogen-bond acceptors (Lipinski definition) is 2. The van der Waals surface area contributed by atoms with Crippen LogP contribution in [0.4, 0.5) is 5.69 Å². The van der Waals surface area contributed by atoms with Crippen molar-refractivity contribution in [1.29, 1.82) is 5.26 Å². The first-order valence-corrected chi connectivity index (χ1v) is 5.57. The first-order valence-electron chi connectivity index (χ1n) is 5.57. The van der Waals surface area contributed by atoms with Crippen LogP contribution in [0.15, 0.2) is 48.5 Å². The Balaban J connectivity index is 2.02. The van der Waals surface area contributed by atoms with Crippen LogP contribution in [-0.4, -0.2) is 0 Å². The Morgan fingerprint density at radius 2 is 1.88 bits per heavy atom. The largest absolute Gasteiger partial charge is 0.381 e. The molecule has 0 atom stereocenters. The zero-order valence-corrected chi connectivity index (χ0v) is 9.77. The first-order chi connectivity index (χ1) is 8.28. The van der Waals surface area contributed by atoms with Crippen molar-refractivity contribution >= 4 is 5.69 Å². The predicted molar refractivity (Wildman–Crippen MR) is 69.7 cm³/mol. The van der Waals surface area contributed by atoms with Gasteiger partial charge in [-0.15, -0.1) is 0 Å². The number of benzene rings is 2. The molecular weight excluding hydrogens is 208 g/mol. The van der Waals surface area contributed by atoms with Crippen LogP contribution in [0.5, 0.6) is 0 Å². The maximum Gasteiger partial charge on any atom is 0.0992 e. The Morgan fingerprint density at radius 1 is 1.12 bits per heavy atom. The summed E-state index contributed by atoms with van der Waals surface area (Å²) >= 11 is 0. The maximum atomic E-state index is 8.80. The molecule has 0 saturated heterocycles. The Hall–Kier alpha value is -2.27. The summed E-state index contributed by atoms with van der Waals surface area (Å²) in [4.78, 5) is 0. The van der Waals surface area contributed by atoms with Gasteiger partial charge in [0.25, 0.3) is 0 Å². The minimum Gasteiger partial charge on any atom is -0.381 e. The van der Waals surface area contributed by atoms with Crippen molar-refractivity contribution in [2.75, 3.05) is 5.32 Å². The normalized spacial score (nSPS) is 9.65. The predicted octanol–water partition coefficient (Wildman–Crippen LogP) is 3.48. The molecule has 1 N–H and O–H groups in total. The van der Waals surface area contributed by atoms with Crippen molar-refractivity contribution in [3.8, 4) is 6.07 Å². The van der Waals surface area contributed by atoms with Crippen LogP contribution < -0.4 is 5.32 Å². The highest BCUT2D eigenvalue weighted by molar-refractivity contribution is 5.49. The third-order valence-electron chi connectivity index (χ3n) is 2.61. The van der Waals surface area contributed by atoms with Gasteiger partial charge in [0.1, 0.15) is 0 Å². The summed E-state index contributed by atoms with van der Waals surface area (Å²) in [5.41, 5.74) is 4.15. The number of nitrogens with zero attached hydrogens (tertiary/aromatic N) is 1. The number of hydrogen-bond donors (Lipinski definition) is 1. The lowest BCUT2D eigenvalue weighted by Gasteiger charge is -2.06. The van der Waals surface area contributed by atoms with Gasteiger partial charge in [-0.1, -0.05) is 35.9 Å². The highest BCUT2D eigenvalue weighted by atomic mass is 14.9. The number of rotatable bonds is 3. The monoisotopic (exact) mass is 222 g/mol. The lowest BCUT2D eigenvalue weighted by Crippen LogP contribution is -1.99. The van der Waals surface area contributed by atoms with Crippen molar-refractivity contribution in [3.05, 3.63) is 65.2 Å². The third kappa shape index (κ3) is 3.09. The molecule has 2 nitrogen and oxygen atoms in total. The second-order valence-corrected chi connectivity index (χ2v) is 4.03. The second-order valence-electron chi connectivity index (χ2n) is 4.03. The lowest BCUT2D eigenvalue weighted by atomic mass is 10.1. The summed E-state index contributed by atoms with van der Waals surface area (Å²) in [5.74, 6) is 0. The first kappa shape index (κ1) is 11.2. The standard InChI is InChI=1S/C15H14N2/c1-12-5-7-13(8-6-12)11-17-15-4-2-3-14(9-15)10-16/h2-9,17H,11H2,1H3. The van der Waals surface area contributed by atoms with E-state index in [0.717, 1.165) is 12.2 Å². The summed E-state index contributed by atoms with van der Waals surface area (Å²) in [6.07, 6.45) is 0. The molecule has 0 saturated carbocycles. The molecule has 0 heterocycles. The highest BCUT2D eigenvalue weighted by Gasteiger charge is 1.95. The van der Waals surface area contributed by atoms with Gasteiger partial charge in [0.2, 0.25) is 0 Å². The van der Waals surface area contributed by atoms with Gasteiger partial charge >= 0.3 is 0 Å². The van der Waals surface area contributed by atoms with Crippen LogP contribution >= 0.6 is 0 Å². The van der Waals surface area contributed by atoms with E-state index in [1.165, 1.54) is 11.1 Å². The zero-order chi connectivity index (χ0) is 12.1. The van der Waals surface area contributed by atoms with Gasteiger partial charge < -0.3 is 5.32 Å². The van der Waals surface area contributed by atoms with Gasteiger partial charge in [0.05, 0.1) is 11.6 Å². The molecule has 0 aliphatic carbocycles. The smallest absolute Gasteiger partial charge is 0.0992 e. The summed E-state index contributed by atoms with van der Waals surface area (Å²) in [6, 6.07) is 18.1. The molecule has 0 aliphatic rings. The van der Waals surface area contributed by atoms with Crippen molar-refractivity contribution in [3.63, 3.8) is 0 Å². The molecule has 2 aromatic rings. The average Bonchev–Trinajstić information content (AvgIpc) is 2.38. The molecule has 0 radical (unpaired) electrons. The SMILES string of the molecule is Cc1ccc(CNc2cccc(C#N)c2)cc1. The van der Waals surface area contributed by atoms with E-state index in [-0.39, 0.29) is 0 Å². The minimum atomic E-state index is 0.680. The summed E-state index contributed by atoms with van der Waals surface area (Å²) in [7, 11) is 0. The molecule has 2 heteroatoms. The zero-order valence-electron chi connectivity index (χ0n) is 9.77. The lowest BCUT2D eigenvalue weighted by molar-refractivity contribution is 1.14. The molecule has 0 spiro atoms. The van der Waals surface area contributed by atoms with Gasteiger partial charge in [0, 0.05) is 12.2 Å². The van der Waals surface area contributed by atoms with E-state index < -0.39 is 0 Å². The Bertz CT molecular complexity index is 536. The number of nitrogens with one attached hydrogen (secondary N) is 1. The minimum absolute atomic E-state index is 0.680. The van der Waals surface area contributed by atoms with Gasteiger partial charge in [-0.2, -0.15) is 5.26 Å². The number of aryl methyl sites for hydroxylation is 1. The van der Waals surface area contributed by atoms with E-state index in [1.807, 2.05) is 18.2 Å². The topological polar surface area (TPSA) is 35.8 Å². The third-order valence-corrected chi connectivity index (χ3v) is 2.61. The molecule has 0 bridgehead atoms. The van der Waals surface area contributed by atoms with Gasteiger partial charge in [-0.25, -0.2) is 0 Å². The van der Waals surface area contributed by atoms with Crippen molar-refractivity contribution < 1.29 is 0 Å². The molecule has 0 unspecified atom stereocenters. The van der Waals surface area contributed by atoms with Crippen LogP contribution in [0.25, 0.3) is 0 Å². The van der Waals surface area contributed by atoms with Crippen molar-refractivity contribution in [1.82, 2.24) is 0 Å². The van der Waals surface area contributed by atoms with E-state index >= 15 is 0 Å². The van der Waals surface area contributed by atoms with E-state index in [4.69, 9.17) is 5.26 Å². The Labute approximate surface area is 102 Å². The molecule has 0 aromatic heterocycles. The molecule has 0 amide bonds. The average molecular weight is 222 g/mol. The van der Waals surface area contributed by atoms with E-state index in [2.05, 4.69) is 42.6 Å². The van der Waals surface area contributed by atoms with Crippen LogP contribution in [-0.2, 0) is 6.54 Å². The van der Waals surface area contributed by atoms with E-state index in [9.17, 15) is 0 Å². The quantitative estimate of drug-likeness (QED) is 0.863. The number of nitriles is 1. The highest BCUT2D eigenvalue weighted by Crippen LogP contribution is 2.11. The van der Waals surface area contributed by atoms with E-state index in [1.54, 1.807) is 6.07 Å². The summed E-state index contributed by atoms with van der Waals surface area (Å²) in [6.45, 7) is 2.85. The van der Waals surface area contributed by atoms with Crippen LogP contribution in [0, 0.1) is 18.3 Å². The van der Waals surface area contributed by atoms with Gasteiger partial charge in [-0.3, -0.25) is 0 Å². The fourth-order valence-electron chi connectivity index (χ4n) is 1.61. The molecule has 0 fully saturated rings. The summed E-state index contributed by atoms with van der Waals surface area (Å²) in [5, 5.41) is 12.1. The molecule has 0 aliphatic heterocycles. The van der Waals surface area contributed by atoms with Crippen LogP contribution in [0.2, 0.25) is 0 Å². The number of anilines is 1. The fourth-order valence-corrected chi connectivity index (χ4v) is 1.61. The Kier molecular flexibility index (Phi) is 3.42. The maximum absolute atomic E-state index is 8.80. The van der Waals surface area contributed by atoms with Gasteiger partial charge in [0.15, 0.2) is 0 Å². The summed E-state index contributed by atoms with van der Waals surface area (Å²) < 4.78 is 0. The molecule has 2 aromatic carbocycles. The molecular formula is C15H14N2. The molecule has 84 valence electrons. The van der Waals surface area contributed by atoms with Crippen molar-refractivity contribution in [2.24, 2.45) is 0 Å². The van der Waals surface area contributed by atoms with Crippen molar-refractivity contribution in [2.45, 2.75) is 13.5 Å². The second kappa shape index (κ2) is 5.18. The fraction of sp³-hybridized carbons (Fsp3) is 0.133. The van der Waals surface area contributed by atoms with Crippen LogP contribution in [0.1, 0.15) is 16.7 Å². The molecule has 2 rings (SSSR count). The molecule has 17 heavy (non-hydrogen) atoms.